The van der Waals surface area contributed by atoms with Crippen molar-refractivity contribution in [2.24, 2.45) is 0 Å². The van der Waals surface area contributed by atoms with Crippen LogP contribution in [0.3, 0.4) is 0 Å². The SMILES string of the molecule is CCN(CC)CCC1CN(C)Cc2cccnc2O1. The Labute approximate surface area is 116 Å². The molecule has 0 spiro atoms. The zero-order chi connectivity index (χ0) is 13.7. The fourth-order valence-electron chi connectivity index (χ4n) is 2.57. The van der Waals surface area contributed by atoms with Crippen LogP contribution in [0.1, 0.15) is 25.8 Å². The molecular weight excluding hydrogens is 238 g/mol. The normalized spacial score (nSPS) is 19.9. The quantitative estimate of drug-likeness (QED) is 0.812. The zero-order valence-corrected chi connectivity index (χ0v) is 12.3. The lowest BCUT2D eigenvalue weighted by molar-refractivity contribution is 0.133. The molecule has 19 heavy (non-hydrogen) atoms. The van der Waals surface area contributed by atoms with Crippen molar-refractivity contribution < 1.29 is 4.74 Å². The Morgan fingerprint density at radius 3 is 2.95 bits per heavy atom. The lowest BCUT2D eigenvalue weighted by atomic mass is 10.2. The number of pyridine rings is 1. The Balaban J connectivity index is 1.99. The monoisotopic (exact) mass is 263 g/mol. The minimum absolute atomic E-state index is 0.238. The van der Waals surface area contributed by atoms with E-state index in [9.17, 15) is 0 Å². The summed E-state index contributed by atoms with van der Waals surface area (Å²) in [7, 11) is 2.15. The summed E-state index contributed by atoms with van der Waals surface area (Å²) in [4.78, 5) is 9.13. The topological polar surface area (TPSA) is 28.6 Å². The van der Waals surface area contributed by atoms with Crippen LogP contribution < -0.4 is 4.74 Å². The summed E-state index contributed by atoms with van der Waals surface area (Å²) in [6.45, 7) is 9.61. The molecule has 0 saturated heterocycles. The Morgan fingerprint density at radius 2 is 2.21 bits per heavy atom. The van der Waals surface area contributed by atoms with Crippen LogP contribution in [0.2, 0.25) is 0 Å². The number of likely N-dealkylation sites (N-methyl/N-ethyl adjacent to an activating group) is 1. The molecule has 0 amide bonds. The Hall–Kier alpha value is -1.13. The molecule has 1 aliphatic rings. The molecule has 0 radical (unpaired) electrons. The first-order valence-electron chi connectivity index (χ1n) is 7.24. The van der Waals surface area contributed by atoms with Gasteiger partial charge in [0.1, 0.15) is 6.10 Å². The van der Waals surface area contributed by atoms with E-state index in [2.05, 4.69) is 41.7 Å². The van der Waals surface area contributed by atoms with Crippen LogP contribution in [-0.4, -0.2) is 54.1 Å². The van der Waals surface area contributed by atoms with Crippen LogP contribution in [-0.2, 0) is 6.54 Å². The average molecular weight is 263 g/mol. The van der Waals surface area contributed by atoms with Crippen LogP contribution in [0.25, 0.3) is 0 Å². The van der Waals surface area contributed by atoms with Gasteiger partial charge in [0.05, 0.1) is 0 Å². The second-order valence-electron chi connectivity index (χ2n) is 5.22. The molecular formula is C15H25N3O. The van der Waals surface area contributed by atoms with Crippen molar-refractivity contribution in [1.82, 2.24) is 14.8 Å². The van der Waals surface area contributed by atoms with Gasteiger partial charge in [-0.05, 0) is 32.6 Å². The summed E-state index contributed by atoms with van der Waals surface area (Å²) in [5, 5.41) is 0. The van der Waals surface area contributed by atoms with Gasteiger partial charge in [0.25, 0.3) is 0 Å². The smallest absolute Gasteiger partial charge is 0.218 e. The molecule has 1 aliphatic heterocycles. The highest BCUT2D eigenvalue weighted by atomic mass is 16.5. The molecule has 4 heteroatoms. The highest BCUT2D eigenvalue weighted by Gasteiger charge is 2.21. The number of fused-ring (bicyclic) bond motifs is 1. The van der Waals surface area contributed by atoms with Crippen LogP contribution in [0.15, 0.2) is 18.3 Å². The first-order chi connectivity index (χ1) is 9.22. The van der Waals surface area contributed by atoms with Crippen molar-refractivity contribution in [3.63, 3.8) is 0 Å². The van der Waals surface area contributed by atoms with E-state index < -0.39 is 0 Å². The predicted octanol–water partition coefficient (Wildman–Crippen LogP) is 2.01. The number of aromatic nitrogens is 1. The van der Waals surface area contributed by atoms with Gasteiger partial charge >= 0.3 is 0 Å². The first-order valence-corrected chi connectivity index (χ1v) is 7.24. The van der Waals surface area contributed by atoms with E-state index in [1.165, 1.54) is 5.56 Å². The Kier molecular flexibility index (Phi) is 5.16. The van der Waals surface area contributed by atoms with E-state index in [1.807, 2.05) is 12.3 Å². The average Bonchev–Trinajstić information content (AvgIpc) is 2.57. The molecule has 2 heterocycles. The summed E-state index contributed by atoms with van der Waals surface area (Å²) < 4.78 is 6.09. The third-order valence-corrected chi connectivity index (χ3v) is 3.75. The van der Waals surface area contributed by atoms with Crippen molar-refractivity contribution in [3.05, 3.63) is 23.9 Å². The summed E-state index contributed by atoms with van der Waals surface area (Å²) in [6, 6.07) is 4.08. The molecule has 0 fully saturated rings. The van der Waals surface area contributed by atoms with Gasteiger partial charge in [-0.25, -0.2) is 4.98 Å². The number of ether oxygens (including phenoxy) is 1. The second kappa shape index (κ2) is 6.87. The van der Waals surface area contributed by atoms with E-state index in [4.69, 9.17) is 4.74 Å². The Morgan fingerprint density at radius 1 is 1.42 bits per heavy atom. The molecule has 1 aromatic heterocycles. The summed E-state index contributed by atoms with van der Waals surface area (Å²) in [5.74, 6) is 0.816. The van der Waals surface area contributed by atoms with Gasteiger partial charge in [-0.1, -0.05) is 19.9 Å². The highest BCUT2D eigenvalue weighted by molar-refractivity contribution is 5.26. The number of hydrogen-bond donors (Lipinski definition) is 0. The van der Waals surface area contributed by atoms with Crippen molar-refractivity contribution in [2.75, 3.05) is 33.2 Å². The van der Waals surface area contributed by atoms with Crippen molar-refractivity contribution >= 4 is 0 Å². The molecule has 0 N–H and O–H groups in total. The highest BCUT2D eigenvalue weighted by Crippen LogP contribution is 2.22. The van der Waals surface area contributed by atoms with Gasteiger partial charge in [0, 0.05) is 31.4 Å². The third-order valence-electron chi connectivity index (χ3n) is 3.75. The second-order valence-corrected chi connectivity index (χ2v) is 5.22. The summed E-state index contributed by atoms with van der Waals surface area (Å²) in [5.41, 5.74) is 1.19. The number of rotatable bonds is 5. The van der Waals surface area contributed by atoms with Gasteiger partial charge in [-0.15, -0.1) is 0 Å². The maximum atomic E-state index is 6.09. The molecule has 0 aromatic carbocycles. The summed E-state index contributed by atoms with van der Waals surface area (Å²) in [6.07, 6.45) is 3.11. The maximum Gasteiger partial charge on any atom is 0.218 e. The van der Waals surface area contributed by atoms with Gasteiger partial charge in [-0.3, -0.25) is 4.90 Å². The maximum absolute atomic E-state index is 6.09. The molecule has 1 aromatic rings. The first kappa shape index (κ1) is 14.3. The lowest BCUT2D eigenvalue weighted by Crippen LogP contribution is -2.34. The molecule has 0 saturated carbocycles. The van der Waals surface area contributed by atoms with Crippen molar-refractivity contribution in [3.8, 4) is 5.88 Å². The number of nitrogens with zero attached hydrogens (tertiary/aromatic N) is 3. The third kappa shape index (κ3) is 3.91. The standard InChI is InChI=1S/C15H25N3O/c1-4-18(5-2)10-8-14-12-17(3)11-13-7-6-9-16-15(13)19-14/h6-7,9,14H,4-5,8,10-12H2,1-3H3. The zero-order valence-electron chi connectivity index (χ0n) is 12.3. The molecule has 1 unspecified atom stereocenters. The predicted molar refractivity (Wildman–Crippen MR) is 77.4 cm³/mol. The van der Waals surface area contributed by atoms with Crippen molar-refractivity contribution in [2.45, 2.75) is 32.9 Å². The molecule has 106 valence electrons. The summed E-state index contributed by atoms with van der Waals surface area (Å²) >= 11 is 0. The Bertz CT molecular complexity index is 393. The van der Waals surface area contributed by atoms with Crippen LogP contribution in [0.4, 0.5) is 0 Å². The van der Waals surface area contributed by atoms with E-state index in [0.29, 0.717) is 0 Å². The van der Waals surface area contributed by atoms with Gasteiger partial charge < -0.3 is 9.64 Å². The minimum atomic E-state index is 0.238. The van der Waals surface area contributed by atoms with Crippen molar-refractivity contribution in [1.29, 1.82) is 0 Å². The molecule has 0 aliphatic carbocycles. The number of hydrogen-bond acceptors (Lipinski definition) is 4. The van der Waals surface area contributed by atoms with Gasteiger partial charge in [0.15, 0.2) is 0 Å². The minimum Gasteiger partial charge on any atom is -0.473 e. The fraction of sp³-hybridized carbons (Fsp3) is 0.667. The largest absolute Gasteiger partial charge is 0.473 e. The molecule has 0 bridgehead atoms. The van der Waals surface area contributed by atoms with Gasteiger partial charge in [0.2, 0.25) is 5.88 Å². The van der Waals surface area contributed by atoms with E-state index in [0.717, 1.165) is 45.0 Å². The van der Waals surface area contributed by atoms with E-state index >= 15 is 0 Å². The molecule has 4 nitrogen and oxygen atoms in total. The van der Waals surface area contributed by atoms with Crippen LogP contribution in [0.5, 0.6) is 5.88 Å². The lowest BCUT2D eigenvalue weighted by Gasteiger charge is -2.24. The van der Waals surface area contributed by atoms with Crippen LogP contribution in [0, 0.1) is 0 Å². The fourth-order valence-corrected chi connectivity index (χ4v) is 2.57. The van der Waals surface area contributed by atoms with Crippen LogP contribution >= 0.6 is 0 Å². The molecule has 1 atom stereocenters. The van der Waals surface area contributed by atoms with Gasteiger partial charge in [-0.2, -0.15) is 0 Å². The van der Waals surface area contributed by atoms with E-state index in [-0.39, 0.29) is 6.10 Å². The van der Waals surface area contributed by atoms with E-state index in [1.54, 1.807) is 0 Å². The molecule has 2 rings (SSSR count).